The average Bonchev–Trinajstić information content (AvgIpc) is 3.31. The number of pyridine rings is 1. The topological polar surface area (TPSA) is 75.7 Å². The van der Waals surface area contributed by atoms with Crippen LogP contribution in [0, 0.1) is 6.92 Å². The van der Waals surface area contributed by atoms with Crippen LogP contribution in [0.3, 0.4) is 0 Å². The van der Waals surface area contributed by atoms with Gasteiger partial charge in [-0.1, -0.05) is 0 Å². The summed E-state index contributed by atoms with van der Waals surface area (Å²) in [5.74, 6) is 2.71. The number of fused-ring (bicyclic) bond motifs is 1. The Bertz CT molecular complexity index is 913. The highest BCUT2D eigenvalue weighted by atomic mass is 16.3. The van der Waals surface area contributed by atoms with Gasteiger partial charge in [-0.05, 0) is 51.2 Å². The fourth-order valence-corrected chi connectivity index (χ4v) is 3.32. The normalized spacial score (nSPS) is 18.1. The van der Waals surface area contributed by atoms with Gasteiger partial charge in [-0.3, -0.25) is 9.20 Å². The van der Waals surface area contributed by atoms with Gasteiger partial charge in [0.25, 0.3) is 5.91 Å². The monoisotopic (exact) mass is 339 g/mol. The van der Waals surface area contributed by atoms with Crippen molar-refractivity contribution < 1.29 is 9.21 Å². The Balaban J connectivity index is 1.54. The van der Waals surface area contributed by atoms with E-state index in [0.29, 0.717) is 18.0 Å². The van der Waals surface area contributed by atoms with Gasteiger partial charge in [-0.25, -0.2) is 0 Å². The second-order valence-electron chi connectivity index (χ2n) is 6.65. The quantitative estimate of drug-likeness (QED) is 0.787. The molecule has 3 aromatic heterocycles. The first-order valence-electron chi connectivity index (χ1n) is 8.47. The molecule has 1 fully saturated rings. The number of aromatic nitrogens is 3. The van der Waals surface area contributed by atoms with Crippen molar-refractivity contribution in [1.82, 2.24) is 24.8 Å². The van der Waals surface area contributed by atoms with Gasteiger partial charge in [-0.2, -0.15) is 0 Å². The predicted molar refractivity (Wildman–Crippen MR) is 92.5 cm³/mol. The van der Waals surface area contributed by atoms with Gasteiger partial charge >= 0.3 is 0 Å². The van der Waals surface area contributed by atoms with Gasteiger partial charge in [0.15, 0.2) is 5.65 Å². The lowest BCUT2D eigenvalue weighted by Crippen LogP contribution is -2.23. The lowest BCUT2D eigenvalue weighted by atomic mass is 10.1. The molecular weight excluding hydrogens is 318 g/mol. The second-order valence-corrected chi connectivity index (χ2v) is 6.65. The van der Waals surface area contributed by atoms with Crippen LogP contribution in [0.2, 0.25) is 0 Å². The number of hydrogen-bond donors (Lipinski definition) is 1. The summed E-state index contributed by atoms with van der Waals surface area (Å²) >= 11 is 0. The molecule has 1 amide bonds. The third-order valence-electron chi connectivity index (χ3n) is 4.67. The first-order chi connectivity index (χ1) is 12.1. The molecule has 1 saturated heterocycles. The van der Waals surface area contributed by atoms with Crippen molar-refractivity contribution in [2.24, 2.45) is 0 Å². The molecule has 1 atom stereocenters. The van der Waals surface area contributed by atoms with Crippen molar-refractivity contribution in [2.45, 2.75) is 25.8 Å². The molecule has 0 aromatic carbocycles. The highest BCUT2D eigenvalue weighted by Gasteiger charge is 2.25. The van der Waals surface area contributed by atoms with Crippen molar-refractivity contribution in [3.8, 4) is 0 Å². The van der Waals surface area contributed by atoms with Crippen LogP contribution in [0.25, 0.3) is 5.65 Å². The lowest BCUT2D eigenvalue weighted by Gasteiger charge is -2.09. The Morgan fingerprint density at radius 2 is 2.20 bits per heavy atom. The van der Waals surface area contributed by atoms with Crippen molar-refractivity contribution in [3.63, 3.8) is 0 Å². The molecule has 3 aromatic rings. The molecule has 0 saturated carbocycles. The number of hydrogen-bond acceptors (Lipinski definition) is 5. The summed E-state index contributed by atoms with van der Waals surface area (Å²) < 4.78 is 7.42. The summed E-state index contributed by atoms with van der Waals surface area (Å²) in [5.41, 5.74) is 1.35. The number of rotatable bonds is 4. The Kier molecular flexibility index (Phi) is 4.01. The predicted octanol–water partition coefficient (Wildman–Crippen LogP) is 1.98. The Hall–Kier alpha value is -2.67. The number of nitrogens with zero attached hydrogens (tertiary/aromatic N) is 4. The molecule has 1 aliphatic heterocycles. The van der Waals surface area contributed by atoms with Crippen molar-refractivity contribution in [3.05, 3.63) is 53.4 Å². The van der Waals surface area contributed by atoms with Crippen molar-refractivity contribution in [1.29, 1.82) is 0 Å². The van der Waals surface area contributed by atoms with E-state index in [1.807, 2.05) is 35.7 Å². The number of carbonyl (C=O) groups excluding carboxylic acids is 1. The van der Waals surface area contributed by atoms with Crippen LogP contribution in [-0.4, -0.2) is 45.5 Å². The third kappa shape index (κ3) is 3.15. The van der Waals surface area contributed by atoms with Gasteiger partial charge in [0.2, 0.25) is 0 Å². The van der Waals surface area contributed by atoms with Crippen LogP contribution in [-0.2, 0) is 6.54 Å². The maximum absolute atomic E-state index is 12.5. The second kappa shape index (κ2) is 6.33. The highest BCUT2D eigenvalue weighted by molar-refractivity contribution is 5.94. The summed E-state index contributed by atoms with van der Waals surface area (Å²) in [6, 6.07) is 7.36. The van der Waals surface area contributed by atoms with Crippen LogP contribution in [0.15, 0.2) is 34.9 Å². The largest absolute Gasteiger partial charge is 0.465 e. The fourth-order valence-electron chi connectivity index (χ4n) is 3.32. The molecule has 4 rings (SSSR count). The molecule has 0 spiro atoms. The van der Waals surface area contributed by atoms with E-state index in [-0.39, 0.29) is 5.91 Å². The minimum Gasteiger partial charge on any atom is -0.465 e. The number of aryl methyl sites for hydroxylation is 1. The molecular formula is C18H21N5O2. The minimum atomic E-state index is -0.140. The molecule has 1 aliphatic rings. The van der Waals surface area contributed by atoms with Gasteiger partial charge in [0.05, 0.1) is 12.1 Å². The number of likely N-dealkylation sites (N-methyl/N-ethyl adjacent to an activating group) is 1. The molecule has 7 nitrogen and oxygen atoms in total. The molecule has 0 aliphatic carbocycles. The molecule has 4 heterocycles. The van der Waals surface area contributed by atoms with Gasteiger partial charge in [-0.15, -0.1) is 10.2 Å². The lowest BCUT2D eigenvalue weighted by molar-refractivity contribution is 0.0947. The van der Waals surface area contributed by atoms with Gasteiger partial charge in [0, 0.05) is 18.7 Å². The summed E-state index contributed by atoms with van der Waals surface area (Å²) in [7, 11) is 2.11. The standard InChI is InChI=1S/C18H21N5O2/c1-12-3-5-15(25-12)9-19-18(24)14-4-6-16-20-21-17(23(16)11-14)13-7-8-22(2)10-13/h3-6,11,13H,7-10H2,1-2H3,(H,19,24). The zero-order chi connectivity index (χ0) is 17.4. The number of amides is 1. The minimum absolute atomic E-state index is 0.140. The van der Waals surface area contributed by atoms with Crippen LogP contribution in [0.5, 0.6) is 0 Å². The first-order valence-corrected chi connectivity index (χ1v) is 8.47. The smallest absolute Gasteiger partial charge is 0.253 e. The van der Waals surface area contributed by atoms with E-state index in [9.17, 15) is 4.79 Å². The SMILES string of the molecule is Cc1ccc(CNC(=O)c2ccc3nnc(C4CCN(C)C4)n3c2)o1. The highest BCUT2D eigenvalue weighted by Crippen LogP contribution is 2.25. The molecule has 25 heavy (non-hydrogen) atoms. The zero-order valence-electron chi connectivity index (χ0n) is 14.4. The zero-order valence-corrected chi connectivity index (χ0v) is 14.4. The Labute approximate surface area is 145 Å². The Morgan fingerprint density at radius 1 is 1.32 bits per heavy atom. The number of carbonyl (C=O) groups is 1. The molecule has 1 unspecified atom stereocenters. The van der Waals surface area contributed by atoms with Crippen molar-refractivity contribution >= 4 is 11.6 Å². The Morgan fingerprint density at radius 3 is 2.92 bits per heavy atom. The van der Waals surface area contributed by atoms with Crippen LogP contribution >= 0.6 is 0 Å². The molecule has 0 radical (unpaired) electrons. The summed E-state index contributed by atoms with van der Waals surface area (Å²) in [4.78, 5) is 14.7. The molecule has 1 N–H and O–H groups in total. The van der Waals surface area contributed by atoms with E-state index in [1.54, 1.807) is 6.07 Å². The van der Waals surface area contributed by atoms with Gasteiger partial charge < -0.3 is 14.6 Å². The molecule has 0 bridgehead atoms. The maximum atomic E-state index is 12.5. The summed E-state index contributed by atoms with van der Waals surface area (Å²) in [6.07, 6.45) is 2.89. The maximum Gasteiger partial charge on any atom is 0.253 e. The van der Waals surface area contributed by atoms with E-state index in [4.69, 9.17) is 4.42 Å². The molecule has 7 heteroatoms. The van der Waals surface area contributed by atoms with E-state index in [2.05, 4.69) is 27.5 Å². The summed E-state index contributed by atoms with van der Waals surface area (Å²) in [6.45, 7) is 4.28. The van der Waals surface area contributed by atoms with E-state index < -0.39 is 0 Å². The van der Waals surface area contributed by atoms with Crippen LogP contribution < -0.4 is 5.32 Å². The van der Waals surface area contributed by atoms with Gasteiger partial charge in [0.1, 0.15) is 17.3 Å². The van der Waals surface area contributed by atoms with E-state index >= 15 is 0 Å². The van der Waals surface area contributed by atoms with E-state index in [0.717, 1.165) is 42.5 Å². The molecule has 130 valence electrons. The van der Waals surface area contributed by atoms with Crippen LogP contribution in [0.1, 0.15) is 40.0 Å². The fraction of sp³-hybridized carbons (Fsp3) is 0.389. The number of nitrogens with one attached hydrogen (secondary N) is 1. The summed E-state index contributed by atoms with van der Waals surface area (Å²) in [5, 5.41) is 11.5. The number of likely N-dealkylation sites (tertiary alicyclic amines) is 1. The average molecular weight is 339 g/mol. The third-order valence-corrected chi connectivity index (χ3v) is 4.67. The van der Waals surface area contributed by atoms with Crippen LogP contribution in [0.4, 0.5) is 0 Å². The number of furan rings is 1. The van der Waals surface area contributed by atoms with Crippen molar-refractivity contribution in [2.75, 3.05) is 20.1 Å². The van der Waals surface area contributed by atoms with E-state index in [1.165, 1.54) is 0 Å². The first kappa shape index (κ1) is 15.8.